The number of nitrogens with zero attached hydrogens (tertiary/aromatic N) is 3. The number of piperazine rings is 1. The monoisotopic (exact) mass is 263 g/mol. The maximum absolute atomic E-state index is 9.45. The van der Waals surface area contributed by atoms with E-state index < -0.39 is 0 Å². The average molecular weight is 264 g/mol. The molecule has 2 rings (SSSR count). The van der Waals surface area contributed by atoms with Crippen molar-refractivity contribution in [2.75, 3.05) is 33.2 Å². The Hall–Kier alpha value is -1.08. The first-order valence-electron chi connectivity index (χ1n) is 6.20. The molecule has 0 radical (unpaired) electrons. The zero-order valence-electron chi connectivity index (χ0n) is 10.9. The van der Waals surface area contributed by atoms with Crippen molar-refractivity contribution >= 4 is 11.6 Å². The Balaban J connectivity index is 2.21. The SMILES string of the molecule is Cc1cc(Cl)ccc1C(C#N)N1CCN(C)CC1. The van der Waals surface area contributed by atoms with Gasteiger partial charge >= 0.3 is 0 Å². The lowest BCUT2D eigenvalue weighted by molar-refractivity contribution is 0.132. The Bertz CT molecular complexity index is 459. The van der Waals surface area contributed by atoms with Crippen molar-refractivity contribution in [1.82, 2.24) is 9.80 Å². The van der Waals surface area contributed by atoms with Gasteiger partial charge in [0.2, 0.25) is 0 Å². The van der Waals surface area contributed by atoms with E-state index in [2.05, 4.69) is 22.9 Å². The molecule has 1 aliphatic rings. The highest BCUT2D eigenvalue weighted by Crippen LogP contribution is 2.26. The van der Waals surface area contributed by atoms with Crippen LogP contribution in [0.15, 0.2) is 18.2 Å². The standard InChI is InChI=1S/C14H18ClN3/c1-11-9-12(15)3-4-13(11)14(10-16)18-7-5-17(2)6-8-18/h3-4,9,14H,5-8H2,1-2H3. The molecule has 1 saturated heterocycles. The van der Waals surface area contributed by atoms with Gasteiger partial charge < -0.3 is 4.90 Å². The van der Waals surface area contributed by atoms with Gasteiger partial charge in [0.05, 0.1) is 6.07 Å². The van der Waals surface area contributed by atoms with Gasteiger partial charge in [-0.2, -0.15) is 5.26 Å². The number of likely N-dealkylation sites (N-methyl/N-ethyl adjacent to an activating group) is 1. The molecule has 1 aliphatic heterocycles. The summed E-state index contributed by atoms with van der Waals surface area (Å²) in [7, 11) is 2.12. The van der Waals surface area contributed by atoms with Crippen molar-refractivity contribution in [3.8, 4) is 6.07 Å². The molecular weight excluding hydrogens is 246 g/mol. The molecule has 1 unspecified atom stereocenters. The van der Waals surface area contributed by atoms with Crippen molar-refractivity contribution in [2.45, 2.75) is 13.0 Å². The predicted molar refractivity (Wildman–Crippen MR) is 73.6 cm³/mol. The van der Waals surface area contributed by atoms with Crippen molar-refractivity contribution < 1.29 is 0 Å². The van der Waals surface area contributed by atoms with Gasteiger partial charge in [-0.1, -0.05) is 17.7 Å². The van der Waals surface area contributed by atoms with Gasteiger partial charge in [0.1, 0.15) is 6.04 Å². The maximum Gasteiger partial charge on any atom is 0.124 e. The lowest BCUT2D eigenvalue weighted by Gasteiger charge is -2.35. The van der Waals surface area contributed by atoms with E-state index in [0.29, 0.717) is 0 Å². The van der Waals surface area contributed by atoms with E-state index in [1.165, 1.54) is 0 Å². The van der Waals surface area contributed by atoms with Crippen molar-refractivity contribution in [3.05, 3.63) is 34.3 Å². The number of benzene rings is 1. The van der Waals surface area contributed by atoms with Crippen LogP contribution in [-0.2, 0) is 0 Å². The molecule has 1 atom stereocenters. The molecule has 0 aromatic heterocycles. The highest BCUT2D eigenvalue weighted by Gasteiger charge is 2.24. The smallest absolute Gasteiger partial charge is 0.124 e. The van der Waals surface area contributed by atoms with Gasteiger partial charge in [0.15, 0.2) is 0 Å². The Kier molecular flexibility index (Phi) is 4.23. The number of hydrogen-bond donors (Lipinski definition) is 0. The van der Waals surface area contributed by atoms with Crippen LogP contribution in [0.3, 0.4) is 0 Å². The van der Waals surface area contributed by atoms with Crippen LogP contribution in [-0.4, -0.2) is 43.0 Å². The molecule has 0 saturated carbocycles. The van der Waals surface area contributed by atoms with Gasteiger partial charge in [0, 0.05) is 31.2 Å². The van der Waals surface area contributed by atoms with Crippen LogP contribution in [0.1, 0.15) is 17.2 Å². The summed E-state index contributed by atoms with van der Waals surface area (Å²) in [5, 5.41) is 10.2. The Morgan fingerprint density at radius 3 is 2.50 bits per heavy atom. The second-order valence-corrected chi connectivity index (χ2v) is 5.31. The summed E-state index contributed by atoms with van der Waals surface area (Å²) in [4.78, 5) is 4.54. The maximum atomic E-state index is 9.45. The largest absolute Gasteiger partial charge is 0.304 e. The minimum atomic E-state index is -0.157. The molecule has 0 spiro atoms. The summed E-state index contributed by atoms with van der Waals surface area (Å²) in [6.07, 6.45) is 0. The molecule has 1 aromatic rings. The molecule has 0 bridgehead atoms. The highest BCUT2D eigenvalue weighted by molar-refractivity contribution is 6.30. The summed E-state index contributed by atoms with van der Waals surface area (Å²) in [5.41, 5.74) is 2.17. The highest BCUT2D eigenvalue weighted by atomic mass is 35.5. The van der Waals surface area contributed by atoms with Gasteiger partial charge in [0.25, 0.3) is 0 Å². The number of hydrogen-bond acceptors (Lipinski definition) is 3. The minimum absolute atomic E-state index is 0.157. The Labute approximate surface area is 114 Å². The van der Waals surface area contributed by atoms with Crippen LogP contribution in [0.2, 0.25) is 5.02 Å². The molecule has 18 heavy (non-hydrogen) atoms. The van der Waals surface area contributed by atoms with Crippen molar-refractivity contribution in [2.24, 2.45) is 0 Å². The van der Waals surface area contributed by atoms with E-state index in [1.807, 2.05) is 25.1 Å². The van der Waals surface area contributed by atoms with E-state index in [-0.39, 0.29) is 6.04 Å². The van der Waals surface area contributed by atoms with Gasteiger partial charge in [-0.25, -0.2) is 0 Å². The molecule has 0 aliphatic carbocycles. The molecule has 3 nitrogen and oxygen atoms in total. The van der Waals surface area contributed by atoms with Crippen LogP contribution in [0.4, 0.5) is 0 Å². The van der Waals surface area contributed by atoms with Crippen molar-refractivity contribution in [3.63, 3.8) is 0 Å². The summed E-state index contributed by atoms with van der Waals surface area (Å²) in [6.45, 7) is 5.94. The van der Waals surface area contributed by atoms with Gasteiger partial charge in [-0.15, -0.1) is 0 Å². The third-order valence-electron chi connectivity index (χ3n) is 3.55. The number of rotatable bonds is 2. The van der Waals surface area contributed by atoms with Gasteiger partial charge in [-0.3, -0.25) is 4.90 Å². The lowest BCUT2D eigenvalue weighted by Crippen LogP contribution is -2.45. The van der Waals surface area contributed by atoms with Crippen LogP contribution in [0.5, 0.6) is 0 Å². The third-order valence-corrected chi connectivity index (χ3v) is 3.79. The first kappa shape index (κ1) is 13.4. The quantitative estimate of drug-likeness (QED) is 0.821. The second kappa shape index (κ2) is 5.71. The van der Waals surface area contributed by atoms with Crippen molar-refractivity contribution in [1.29, 1.82) is 5.26 Å². The van der Waals surface area contributed by atoms with Crippen LogP contribution in [0.25, 0.3) is 0 Å². The zero-order valence-corrected chi connectivity index (χ0v) is 11.6. The first-order chi connectivity index (χ1) is 8.61. The fourth-order valence-corrected chi connectivity index (χ4v) is 2.60. The van der Waals surface area contributed by atoms with E-state index in [1.54, 1.807) is 0 Å². The average Bonchev–Trinajstić information content (AvgIpc) is 2.35. The molecule has 1 aromatic carbocycles. The minimum Gasteiger partial charge on any atom is -0.304 e. The summed E-state index contributed by atoms with van der Waals surface area (Å²) in [5.74, 6) is 0. The third kappa shape index (κ3) is 2.84. The topological polar surface area (TPSA) is 30.3 Å². The fraction of sp³-hybridized carbons (Fsp3) is 0.500. The summed E-state index contributed by atoms with van der Waals surface area (Å²) < 4.78 is 0. The number of halogens is 1. The van der Waals surface area contributed by atoms with Crippen LogP contribution >= 0.6 is 11.6 Å². The zero-order chi connectivity index (χ0) is 13.1. The molecule has 1 fully saturated rings. The molecule has 0 amide bonds. The molecule has 0 N–H and O–H groups in total. The van der Waals surface area contributed by atoms with E-state index in [0.717, 1.165) is 42.3 Å². The molecule has 1 heterocycles. The van der Waals surface area contributed by atoms with E-state index in [9.17, 15) is 5.26 Å². The first-order valence-corrected chi connectivity index (χ1v) is 6.58. The Morgan fingerprint density at radius 2 is 1.94 bits per heavy atom. The number of aryl methyl sites for hydroxylation is 1. The second-order valence-electron chi connectivity index (χ2n) is 4.87. The molecular formula is C14H18ClN3. The van der Waals surface area contributed by atoms with Crippen LogP contribution < -0.4 is 0 Å². The lowest BCUT2D eigenvalue weighted by atomic mass is 10.0. The van der Waals surface area contributed by atoms with Crippen LogP contribution in [0, 0.1) is 18.3 Å². The Morgan fingerprint density at radius 1 is 1.28 bits per heavy atom. The normalized spacial score (nSPS) is 19.4. The predicted octanol–water partition coefficient (Wildman–Crippen LogP) is 2.46. The van der Waals surface area contributed by atoms with Gasteiger partial charge in [-0.05, 0) is 37.2 Å². The van der Waals surface area contributed by atoms with E-state index in [4.69, 9.17) is 11.6 Å². The fourth-order valence-electron chi connectivity index (χ4n) is 2.37. The summed E-state index contributed by atoms with van der Waals surface area (Å²) >= 11 is 5.97. The molecule has 4 heteroatoms. The molecule has 96 valence electrons. The number of nitriles is 1. The van der Waals surface area contributed by atoms with E-state index >= 15 is 0 Å². The summed E-state index contributed by atoms with van der Waals surface area (Å²) in [6, 6.07) is 8.04.